The second-order valence-corrected chi connectivity index (χ2v) is 8.25. The van der Waals surface area contributed by atoms with Crippen molar-refractivity contribution in [1.29, 1.82) is 0 Å². The molecule has 34 heavy (non-hydrogen) atoms. The summed E-state index contributed by atoms with van der Waals surface area (Å²) in [6.45, 7) is 1.33. The molecule has 1 aromatic heterocycles. The SMILES string of the molecule is CC(=O)Nc1ccc(-c2ccc(OCc3cc(C(F)(F)F)nn3C3=CC=CCC3Cl)cc2)cc1. The zero-order valence-electron chi connectivity index (χ0n) is 18.1. The molecule has 1 unspecified atom stereocenters. The number of hydrogen-bond donors (Lipinski definition) is 1. The van der Waals surface area contributed by atoms with Crippen molar-refractivity contribution >= 4 is 28.9 Å². The largest absolute Gasteiger partial charge is 0.487 e. The Morgan fingerprint density at radius 3 is 2.38 bits per heavy atom. The fourth-order valence-corrected chi connectivity index (χ4v) is 3.80. The van der Waals surface area contributed by atoms with Crippen molar-refractivity contribution in [2.24, 2.45) is 0 Å². The number of halogens is 4. The number of nitrogens with zero attached hydrogens (tertiary/aromatic N) is 2. The van der Waals surface area contributed by atoms with E-state index in [0.717, 1.165) is 17.2 Å². The van der Waals surface area contributed by atoms with Gasteiger partial charge in [-0.05, 0) is 54.0 Å². The van der Waals surface area contributed by atoms with Crippen molar-refractivity contribution in [2.75, 3.05) is 5.32 Å². The maximum Gasteiger partial charge on any atom is 0.435 e. The number of hydrogen-bond acceptors (Lipinski definition) is 3. The van der Waals surface area contributed by atoms with Crippen molar-refractivity contribution in [3.63, 3.8) is 0 Å². The van der Waals surface area contributed by atoms with Crippen molar-refractivity contribution < 1.29 is 22.7 Å². The highest BCUT2D eigenvalue weighted by Crippen LogP contribution is 2.32. The molecule has 3 aromatic rings. The van der Waals surface area contributed by atoms with Gasteiger partial charge in [0, 0.05) is 12.6 Å². The molecule has 0 bridgehead atoms. The molecule has 1 aliphatic carbocycles. The number of aromatic nitrogens is 2. The summed E-state index contributed by atoms with van der Waals surface area (Å²) in [4.78, 5) is 11.1. The lowest BCUT2D eigenvalue weighted by atomic mass is 10.1. The van der Waals surface area contributed by atoms with Gasteiger partial charge >= 0.3 is 6.18 Å². The lowest BCUT2D eigenvalue weighted by molar-refractivity contribution is -0.141. The van der Waals surface area contributed by atoms with Crippen LogP contribution < -0.4 is 10.1 Å². The number of amides is 1. The number of rotatable bonds is 6. The van der Waals surface area contributed by atoms with E-state index in [1.165, 1.54) is 11.6 Å². The van der Waals surface area contributed by atoms with E-state index in [4.69, 9.17) is 16.3 Å². The molecule has 4 rings (SSSR count). The van der Waals surface area contributed by atoms with E-state index >= 15 is 0 Å². The van der Waals surface area contributed by atoms with Gasteiger partial charge in [-0.15, -0.1) is 11.6 Å². The van der Waals surface area contributed by atoms with Gasteiger partial charge < -0.3 is 10.1 Å². The molecule has 1 atom stereocenters. The molecule has 1 aliphatic rings. The molecule has 1 amide bonds. The van der Waals surface area contributed by atoms with Gasteiger partial charge in [-0.25, -0.2) is 4.68 Å². The van der Waals surface area contributed by atoms with E-state index in [1.807, 2.05) is 30.3 Å². The van der Waals surface area contributed by atoms with Crippen LogP contribution in [0.5, 0.6) is 5.75 Å². The van der Waals surface area contributed by atoms with Gasteiger partial charge in [-0.3, -0.25) is 4.79 Å². The standard InChI is InChI=1S/C25H21ClF3N3O2/c1-16(33)30-19-10-6-17(7-11-19)18-8-12-21(13-9-18)34-15-20-14-24(25(27,28)29)31-32(20)23-5-3-2-4-22(23)26/h2-3,5-14,22H,4,15H2,1H3,(H,30,33). The molecule has 5 nitrogen and oxygen atoms in total. The zero-order valence-corrected chi connectivity index (χ0v) is 18.9. The van der Waals surface area contributed by atoms with Crippen LogP contribution >= 0.6 is 11.6 Å². The maximum absolute atomic E-state index is 13.3. The zero-order chi connectivity index (χ0) is 24.3. The maximum atomic E-state index is 13.3. The molecule has 0 spiro atoms. The first kappa shape index (κ1) is 23.6. The van der Waals surface area contributed by atoms with Crippen LogP contribution in [0.25, 0.3) is 16.8 Å². The van der Waals surface area contributed by atoms with E-state index < -0.39 is 17.2 Å². The predicted octanol–water partition coefficient (Wildman–Crippen LogP) is 6.51. The minimum absolute atomic E-state index is 0.113. The van der Waals surface area contributed by atoms with Gasteiger partial charge in [0.05, 0.1) is 16.8 Å². The molecular formula is C25H21ClF3N3O2. The third kappa shape index (κ3) is 5.51. The Morgan fingerprint density at radius 1 is 1.15 bits per heavy atom. The summed E-state index contributed by atoms with van der Waals surface area (Å²) in [6.07, 6.45) is 1.17. The monoisotopic (exact) mass is 487 g/mol. The molecule has 9 heteroatoms. The Bertz CT molecular complexity index is 1230. The number of nitrogens with one attached hydrogen (secondary N) is 1. The molecule has 0 aliphatic heterocycles. The number of alkyl halides is 4. The second-order valence-electron chi connectivity index (χ2n) is 7.72. The summed E-state index contributed by atoms with van der Waals surface area (Å²) in [5.74, 6) is 0.357. The van der Waals surface area contributed by atoms with Crippen molar-refractivity contribution in [1.82, 2.24) is 9.78 Å². The van der Waals surface area contributed by atoms with Crippen LogP contribution in [-0.2, 0) is 17.6 Å². The first-order valence-corrected chi connectivity index (χ1v) is 10.9. The molecule has 0 radical (unpaired) electrons. The van der Waals surface area contributed by atoms with E-state index in [9.17, 15) is 18.0 Å². The minimum atomic E-state index is -4.58. The Kier molecular flexibility index (Phi) is 6.79. The third-order valence-electron chi connectivity index (χ3n) is 5.16. The average molecular weight is 488 g/mol. The van der Waals surface area contributed by atoms with Crippen LogP contribution in [0.2, 0.25) is 0 Å². The topological polar surface area (TPSA) is 56.1 Å². The Labute approximate surface area is 199 Å². The van der Waals surface area contributed by atoms with Gasteiger partial charge in [-0.1, -0.05) is 36.4 Å². The van der Waals surface area contributed by atoms with E-state index in [1.54, 1.807) is 36.4 Å². The van der Waals surface area contributed by atoms with Gasteiger partial charge in [0.2, 0.25) is 5.91 Å². The van der Waals surface area contributed by atoms with Crippen LogP contribution in [-0.4, -0.2) is 21.1 Å². The fourth-order valence-electron chi connectivity index (χ4n) is 3.53. The highest BCUT2D eigenvalue weighted by molar-refractivity contribution is 6.25. The Balaban J connectivity index is 1.50. The van der Waals surface area contributed by atoms with Crippen molar-refractivity contribution in [3.8, 4) is 16.9 Å². The predicted molar refractivity (Wildman–Crippen MR) is 125 cm³/mol. The normalized spacial score (nSPS) is 15.7. The Morgan fingerprint density at radius 2 is 1.79 bits per heavy atom. The number of allylic oxidation sites excluding steroid dienone is 4. The molecule has 2 aromatic carbocycles. The fraction of sp³-hybridized carbons (Fsp3) is 0.200. The number of benzene rings is 2. The molecule has 1 heterocycles. The molecule has 0 saturated heterocycles. The summed E-state index contributed by atoms with van der Waals surface area (Å²) >= 11 is 6.32. The smallest absolute Gasteiger partial charge is 0.435 e. The summed E-state index contributed by atoms with van der Waals surface area (Å²) in [5.41, 5.74) is 2.29. The van der Waals surface area contributed by atoms with Crippen LogP contribution in [0.3, 0.4) is 0 Å². The first-order valence-electron chi connectivity index (χ1n) is 10.5. The lowest BCUT2D eigenvalue weighted by Gasteiger charge is -2.18. The van der Waals surface area contributed by atoms with Crippen LogP contribution in [0.4, 0.5) is 18.9 Å². The summed E-state index contributed by atoms with van der Waals surface area (Å²) in [5, 5.41) is 5.97. The summed E-state index contributed by atoms with van der Waals surface area (Å²) in [6, 6.07) is 15.5. The molecule has 176 valence electrons. The van der Waals surface area contributed by atoms with Gasteiger partial charge in [0.25, 0.3) is 0 Å². The first-order chi connectivity index (χ1) is 16.2. The molecule has 1 N–H and O–H groups in total. The second kappa shape index (κ2) is 9.77. The van der Waals surface area contributed by atoms with Gasteiger partial charge in [0.1, 0.15) is 12.4 Å². The average Bonchev–Trinajstić information content (AvgIpc) is 3.23. The summed E-state index contributed by atoms with van der Waals surface area (Å²) < 4.78 is 46.9. The minimum Gasteiger partial charge on any atom is -0.487 e. The van der Waals surface area contributed by atoms with E-state index in [2.05, 4.69) is 10.4 Å². The van der Waals surface area contributed by atoms with Gasteiger partial charge in [-0.2, -0.15) is 18.3 Å². The van der Waals surface area contributed by atoms with E-state index in [0.29, 0.717) is 23.6 Å². The van der Waals surface area contributed by atoms with E-state index in [-0.39, 0.29) is 18.2 Å². The highest BCUT2D eigenvalue weighted by Gasteiger charge is 2.36. The van der Waals surface area contributed by atoms with Crippen molar-refractivity contribution in [2.45, 2.75) is 31.5 Å². The van der Waals surface area contributed by atoms with Crippen LogP contribution in [0.15, 0.2) is 72.8 Å². The third-order valence-corrected chi connectivity index (χ3v) is 5.57. The van der Waals surface area contributed by atoms with Crippen LogP contribution in [0, 0.1) is 0 Å². The number of carbonyl (C=O) groups is 1. The van der Waals surface area contributed by atoms with Crippen molar-refractivity contribution in [3.05, 3.63) is 84.2 Å². The Hall–Kier alpha value is -3.52. The number of anilines is 1. The number of carbonyl (C=O) groups excluding carboxylic acids is 1. The van der Waals surface area contributed by atoms with Crippen LogP contribution in [0.1, 0.15) is 24.7 Å². The lowest BCUT2D eigenvalue weighted by Crippen LogP contribution is -2.16. The number of ether oxygens (including phenoxy) is 1. The van der Waals surface area contributed by atoms with Gasteiger partial charge in [0.15, 0.2) is 5.69 Å². The quantitative estimate of drug-likeness (QED) is 0.403. The molecular weight excluding hydrogens is 467 g/mol. The highest BCUT2D eigenvalue weighted by atomic mass is 35.5. The summed E-state index contributed by atoms with van der Waals surface area (Å²) in [7, 11) is 0. The molecule has 0 saturated carbocycles. The molecule has 0 fully saturated rings.